The summed E-state index contributed by atoms with van der Waals surface area (Å²) in [5, 5.41) is 3.78. The maximum Gasteiger partial charge on any atom is 0.168 e. The number of rotatable bonds is 0. The molecule has 1 heterocycles. The molecule has 4 heteroatoms. The lowest BCUT2D eigenvalue weighted by Gasteiger charge is -1.74. The largest absolute Gasteiger partial charge is 0.168 e. The van der Waals surface area contributed by atoms with Gasteiger partial charge in [-0.2, -0.15) is 5.10 Å². The minimum absolute atomic E-state index is 1.05. The zero-order valence-electron chi connectivity index (χ0n) is 4.30. The molecule has 0 N–H and O–H groups in total. The quantitative estimate of drug-likeness (QED) is 0.406. The Morgan fingerprint density at radius 3 is 2.57 bits per heavy atom. The van der Waals surface area contributed by atoms with Crippen molar-refractivity contribution in [3.05, 3.63) is 4.88 Å². The first-order chi connectivity index (χ1) is 3.30. The van der Waals surface area contributed by atoms with Crippen molar-refractivity contribution in [2.75, 3.05) is 0 Å². The second-order valence-corrected chi connectivity index (χ2v) is 2.37. The van der Waals surface area contributed by atoms with Crippen LogP contribution in [0.1, 0.15) is 4.88 Å². The van der Waals surface area contributed by atoms with E-state index in [2.05, 4.69) is 9.59 Å². The predicted octanol–water partition coefficient (Wildman–Crippen LogP) is -0.895. The maximum atomic E-state index is 3.78. The van der Waals surface area contributed by atoms with Crippen LogP contribution in [-0.2, 0) is 0 Å². The first-order valence-electron chi connectivity index (χ1n) is 2.06. The SMILES string of the molecule is Bc1nnsc1C. The molecule has 0 radical (unpaired) electrons. The third kappa shape index (κ3) is 0.798. The third-order valence-corrected chi connectivity index (χ3v) is 1.61. The van der Waals surface area contributed by atoms with E-state index in [1.165, 1.54) is 16.4 Å². The molecule has 1 aromatic heterocycles. The Hall–Kier alpha value is -0.375. The summed E-state index contributed by atoms with van der Waals surface area (Å²) < 4.78 is 3.71. The number of aryl methyl sites for hydroxylation is 1. The van der Waals surface area contributed by atoms with Crippen LogP contribution in [0.25, 0.3) is 0 Å². The molecule has 1 rings (SSSR count). The van der Waals surface area contributed by atoms with Gasteiger partial charge in [0.15, 0.2) is 7.85 Å². The van der Waals surface area contributed by atoms with Gasteiger partial charge >= 0.3 is 0 Å². The lowest BCUT2D eigenvalue weighted by atomic mass is 10.1. The molecule has 0 atom stereocenters. The molecule has 1 aromatic rings. The van der Waals surface area contributed by atoms with E-state index >= 15 is 0 Å². The smallest absolute Gasteiger partial charge is 0.154 e. The van der Waals surface area contributed by atoms with Gasteiger partial charge in [-0.15, -0.1) is 0 Å². The maximum absolute atomic E-state index is 3.78. The van der Waals surface area contributed by atoms with Crippen LogP contribution in [0.2, 0.25) is 0 Å². The van der Waals surface area contributed by atoms with Crippen molar-refractivity contribution in [2.45, 2.75) is 6.92 Å². The van der Waals surface area contributed by atoms with Crippen molar-refractivity contribution in [3.8, 4) is 0 Å². The van der Waals surface area contributed by atoms with Crippen LogP contribution in [0.4, 0.5) is 0 Å². The Balaban J connectivity index is 3.12. The van der Waals surface area contributed by atoms with Gasteiger partial charge in [0, 0.05) is 10.5 Å². The number of aromatic nitrogens is 2. The highest BCUT2D eigenvalue weighted by atomic mass is 32.1. The van der Waals surface area contributed by atoms with Crippen LogP contribution in [0.3, 0.4) is 0 Å². The minimum atomic E-state index is 1.05. The molecule has 0 saturated carbocycles. The van der Waals surface area contributed by atoms with Gasteiger partial charge < -0.3 is 0 Å². The molecule has 0 aliphatic carbocycles. The molecular formula is C3H5BN2S. The van der Waals surface area contributed by atoms with E-state index in [1.807, 2.05) is 14.8 Å². The Morgan fingerprint density at radius 2 is 2.43 bits per heavy atom. The fourth-order valence-corrected chi connectivity index (χ4v) is 0.738. The van der Waals surface area contributed by atoms with Gasteiger partial charge in [-0.1, -0.05) is 4.49 Å². The fraction of sp³-hybridized carbons (Fsp3) is 0.333. The summed E-state index contributed by atoms with van der Waals surface area (Å²) in [6.45, 7) is 2.01. The van der Waals surface area contributed by atoms with Crippen LogP contribution >= 0.6 is 11.5 Å². The molecule has 0 aromatic carbocycles. The van der Waals surface area contributed by atoms with Gasteiger partial charge in [0.2, 0.25) is 0 Å². The molecule has 0 saturated heterocycles. The number of hydrogen-bond acceptors (Lipinski definition) is 3. The highest BCUT2D eigenvalue weighted by Gasteiger charge is 1.91. The molecule has 0 spiro atoms. The normalized spacial score (nSPS) is 9.29. The van der Waals surface area contributed by atoms with Gasteiger partial charge in [0.25, 0.3) is 0 Å². The van der Waals surface area contributed by atoms with Crippen molar-refractivity contribution in [3.63, 3.8) is 0 Å². The first-order valence-corrected chi connectivity index (χ1v) is 2.83. The summed E-state index contributed by atoms with van der Waals surface area (Å²) in [5.41, 5.74) is 1.05. The van der Waals surface area contributed by atoms with Gasteiger partial charge in [-0.3, -0.25) is 0 Å². The number of nitrogens with zero attached hydrogens (tertiary/aromatic N) is 2. The number of hydrogen-bond donors (Lipinski definition) is 0. The standard InChI is InChI=1S/C3H5BN2S/c1-2-3(4)5-6-7-2/h4H2,1H3. The van der Waals surface area contributed by atoms with Gasteiger partial charge in [0.05, 0.1) is 0 Å². The van der Waals surface area contributed by atoms with E-state index < -0.39 is 0 Å². The topological polar surface area (TPSA) is 25.8 Å². The molecule has 7 heavy (non-hydrogen) atoms. The van der Waals surface area contributed by atoms with E-state index in [4.69, 9.17) is 0 Å². The van der Waals surface area contributed by atoms with E-state index in [-0.39, 0.29) is 0 Å². The van der Waals surface area contributed by atoms with E-state index in [1.54, 1.807) is 0 Å². The summed E-state index contributed by atoms with van der Waals surface area (Å²) in [6.07, 6.45) is 0. The molecule has 0 amide bonds. The Labute approximate surface area is 47.1 Å². The van der Waals surface area contributed by atoms with Crippen LogP contribution in [-0.4, -0.2) is 17.4 Å². The summed E-state index contributed by atoms with van der Waals surface area (Å²) in [7, 11) is 1.96. The van der Waals surface area contributed by atoms with Crippen LogP contribution < -0.4 is 5.59 Å². The van der Waals surface area contributed by atoms with Crippen molar-refractivity contribution in [2.24, 2.45) is 0 Å². The average Bonchev–Trinajstić information content (AvgIpc) is 1.91. The van der Waals surface area contributed by atoms with Gasteiger partial charge in [-0.25, -0.2) is 0 Å². The monoisotopic (exact) mass is 112 g/mol. The first kappa shape index (κ1) is 4.78. The fourth-order valence-electron chi connectivity index (χ4n) is 0.279. The van der Waals surface area contributed by atoms with Crippen molar-refractivity contribution < 1.29 is 0 Å². The Bertz CT molecular complexity index is 145. The Morgan fingerprint density at radius 1 is 1.71 bits per heavy atom. The second-order valence-electron chi connectivity index (χ2n) is 1.41. The third-order valence-electron chi connectivity index (χ3n) is 0.878. The highest BCUT2D eigenvalue weighted by Crippen LogP contribution is 1.91. The van der Waals surface area contributed by atoms with E-state index in [9.17, 15) is 0 Å². The molecule has 0 fully saturated rings. The highest BCUT2D eigenvalue weighted by molar-refractivity contribution is 7.06. The summed E-state index contributed by atoms with van der Waals surface area (Å²) in [5.74, 6) is 0. The molecule has 0 unspecified atom stereocenters. The molecule has 0 bridgehead atoms. The molecule has 0 aliphatic heterocycles. The Kier molecular flexibility index (Phi) is 1.10. The second kappa shape index (κ2) is 1.62. The summed E-state index contributed by atoms with van der Waals surface area (Å²) in [4.78, 5) is 1.21. The predicted molar refractivity (Wildman–Crippen MR) is 32.8 cm³/mol. The van der Waals surface area contributed by atoms with E-state index in [0.29, 0.717) is 0 Å². The zero-order valence-corrected chi connectivity index (χ0v) is 5.12. The molecule has 36 valence electrons. The minimum Gasteiger partial charge on any atom is -0.154 e. The molecule has 2 nitrogen and oxygen atoms in total. The van der Waals surface area contributed by atoms with Crippen molar-refractivity contribution in [1.82, 2.24) is 9.59 Å². The van der Waals surface area contributed by atoms with Crippen LogP contribution in [0.15, 0.2) is 0 Å². The summed E-state index contributed by atoms with van der Waals surface area (Å²) >= 11 is 1.44. The van der Waals surface area contributed by atoms with Crippen LogP contribution in [0, 0.1) is 6.92 Å². The van der Waals surface area contributed by atoms with Gasteiger partial charge in [-0.05, 0) is 18.5 Å². The zero-order chi connectivity index (χ0) is 5.28. The summed E-state index contributed by atoms with van der Waals surface area (Å²) in [6, 6.07) is 0. The van der Waals surface area contributed by atoms with Crippen molar-refractivity contribution in [1.29, 1.82) is 0 Å². The molecule has 0 aliphatic rings. The lowest BCUT2D eigenvalue weighted by Crippen LogP contribution is -2.05. The van der Waals surface area contributed by atoms with Crippen molar-refractivity contribution >= 4 is 25.0 Å². The average molecular weight is 112 g/mol. The van der Waals surface area contributed by atoms with Gasteiger partial charge in [0.1, 0.15) is 0 Å². The van der Waals surface area contributed by atoms with E-state index in [0.717, 1.165) is 5.59 Å². The lowest BCUT2D eigenvalue weighted by molar-refractivity contribution is 1.19. The van der Waals surface area contributed by atoms with Crippen LogP contribution in [0.5, 0.6) is 0 Å². The molecular weight excluding hydrogens is 107 g/mol.